The maximum Gasteiger partial charge on any atom is 0.141 e. The molecule has 0 spiro atoms. The molecule has 0 saturated heterocycles. The highest BCUT2D eigenvalue weighted by Gasteiger charge is 2.11. The molecular weight excluding hydrogens is 295 g/mol. The van der Waals surface area contributed by atoms with E-state index in [1.807, 2.05) is 0 Å². The largest absolute Gasteiger partial charge is 0.399 e. The molecule has 2 rings (SSSR count). The van der Waals surface area contributed by atoms with Gasteiger partial charge in [0.05, 0.1) is 9.92 Å². The van der Waals surface area contributed by atoms with Crippen molar-refractivity contribution in [2.45, 2.75) is 10.6 Å². The van der Waals surface area contributed by atoms with Crippen molar-refractivity contribution in [3.63, 3.8) is 0 Å². The molecule has 100 valence electrons. The molecule has 0 aliphatic carbocycles. The summed E-state index contributed by atoms with van der Waals surface area (Å²) in [5.41, 5.74) is 6.03. The van der Waals surface area contributed by atoms with E-state index in [9.17, 15) is 13.2 Å². The third-order valence-electron chi connectivity index (χ3n) is 2.39. The number of anilines is 1. The zero-order valence-electron chi connectivity index (χ0n) is 9.59. The molecular formula is C13H9ClF3NS. The molecule has 0 aliphatic heterocycles. The van der Waals surface area contributed by atoms with Gasteiger partial charge >= 0.3 is 0 Å². The van der Waals surface area contributed by atoms with Gasteiger partial charge in [-0.05, 0) is 29.8 Å². The summed E-state index contributed by atoms with van der Waals surface area (Å²) in [6.45, 7) is 0. The van der Waals surface area contributed by atoms with E-state index < -0.39 is 17.5 Å². The average Bonchev–Trinajstić information content (AvgIpc) is 2.32. The smallest absolute Gasteiger partial charge is 0.141 e. The molecule has 0 radical (unpaired) electrons. The number of halogens is 4. The van der Waals surface area contributed by atoms with E-state index in [4.69, 9.17) is 17.3 Å². The molecule has 19 heavy (non-hydrogen) atoms. The zero-order valence-corrected chi connectivity index (χ0v) is 11.2. The first-order valence-corrected chi connectivity index (χ1v) is 6.65. The molecule has 0 unspecified atom stereocenters. The molecule has 2 aromatic carbocycles. The minimum atomic E-state index is -0.712. The molecule has 0 atom stereocenters. The van der Waals surface area contributed by atoms with Gasteiger partial charge in [0.2, 0.25) is 0 Å². The van der Waals surface area contributed by atoms with Crippen LogP contribution in [0.3, 0.4) is 0 Å². The predicted octanol–water partition coefficient (Wildman–Crippen LogP) is 4.63. The van der Waals surface area contributed by atoms with Gasteiger partial charge in [-0.3, -0.25) is 0 Å². The van der Waals surface area contributed by atoms with Gasteiger partial charge in [-0.25, -0.2) is 13.2 Å². The van der Waals surface area contributed by atoms with Crippen LogP contribution in [0.5, 0.6) is 0 Å². The Balaban J connectivity index is 2.16. The van der Waals surface area contributed by atoms with Crippen LogP contribution in [0.25, 0.3) is 0 Å². The third kappa shape index (κ3) is 3.36. The summed E-state index contributed by atoms with van der Waals surface area (Å²) in [6, 6.07) is 6.28. The Morgan fingerprint density at radius 3 is 2.21 bits per heavy atom. The maximum absolute atomic E-state index is 13.5. The SMILES string of the molecule is Nc1cc(F)c(SCc2ccc(F)c(Cl)c2)c(F)c1. The van der Waals surface area contributed by atoms with Crippen LogP contribution >= 0.6 is 23.4 Å². The molecule has 0 aliphatic rings. The van der Waals surface area contributed by atoms with Crippen LogP contribution in [0.15, 0.2) is 35.2 Å². The monoisotopic (exact) mass is 303 g/mol. The minimum Gasteiger partial charge on any atom is -0.399 e. The van der Waals surface area contributed by atoms with Gasteiger partial charge in [0.1, 0.15) is 17.5 Å². The second-order valence-electron chi connectivity index (χ2n) is 3.85. The molecule has 0 bridgehead atoms. The van der Waals surface area contributed by atoms with Crippen molar-refractivity contribution in [1.82, 2.24) is 0 Å². The highest BCUT2D eigenvalue weighted by molar-refractivity contribution is 7.98. The summed E-state index contributed by atoms with van der Waals surface area (Å²) in [5, 5.41) is -0.0173. The van der Waals surface area contributed by atoms with Gasteiger partial charge in [0, 0.05) is 11.4 Å². The lowest BCUT2D eigenvalue weighted by Gasteiger charge is -2.06. The maximum atomic E-state index is 13.5. The fourth-order valence-electron chi connectivity index (χ4n) is 1.50. The Kier molecular flexibility index (Phi) is 4.27. The quantitative estimate of drug-likeness (QED) is 0.661. The van der Waals surface area contributed by atoms with E-state index in [2.05, 4.69) is 0 Å². The number of nitrogens with two attached hydrogens (primary N) is 1. The van der Waals surface area contributed by atoms with Crippen molar-refractivity contribution < 1.29 is 13.2 Å². The number of rotatable bonds is 3. The molecule has 0 fully saturated rings. The summed E-state index contributed by atoms with van der Waals surface area (Å²) in [5.74, 6) is -1.68. The van der Waals surface area contributed by atoms with Gasteiger partial charge in [-0.15, -0.1) is 11.8 Å². The van der Waals surface area contributed by atoms with E-state index in [1.165, 1.54) is 18.2 Å². The van der Waals surface area contributed by atoms with Crippen molar-refractivity contribution in [3.8, 4) is 0 Å². The number of benzene rings is 2. The molecule has 6 heteroatoms. The van der Waals surface area contributed by atoms with Crippen LogP contribution in [-0.4, -0.2) is 0 Å². The molecule has 0 aromatic heterocycles. The number of nitrogen functional groups attached to an aromatic ring is 1. The van der Waals surface area contributed by atoms with Crippen LogP contribution in [0.2, 0.25) is 5.02 Å². The number of hydrogen-bond donors (Lipinski definition) is 1. The number of hydrogen-bond acceptors (Lipinski definition) is 2. The lowest BCUT2D eigenvalue weighted by Crippen LogP contribution is -1.93. The van der Waals surface area contributed by atoms with Gasteiger partial charge in [0.15, 0.2) is 0 Å². The third-order valence-corrected chi connectivity index (χ3v) is 3.83. The number of thioether (sulfide) groups is 1. The molecule has 2 aromatic rings. The Bertz CT molecular complexity index is 596. The fourth-order valence-corrected chi connectivity index (χ4v) is 2.59. The van der Waals surface area contributed by atoms with Gasteiger partial charge in [-0.1, -0.05) is 17.7 Å². The van der Waals surface area contributed by atoms with Crippen LogP contribution in [-0.2, 0) is 5.75 Å². The van der Waals surface area contributed by atoms with E-state index in [0.717, 1.165) is 23.9 Å². The Morgan fingerprint density at radius 2 is 1.63 bits per heavy atom. The normalized spacial score (nSPS) is 10.7. The van der Waals surface area contributed by atoms with Crippen LogP contribution in [0.4, 0.5) is 18.9 Å². The van der Waals surface area contributed by atoms with Crippen LogP contribution in [0.1, 0.15) is 5.56 Å². The lowest BCUT2D eigenvalue weighted by molar-refractivity contribution is 0.542. The first-order valence-electron chi connectivity index (χ1n) is 5.28. The van der Waals surface area contributed by atoms with E-state index >= 15 is 0 Å². The second kappa shape index (κ2) is 5.75. The molecule has 0 amide bonds. The minimum absolute atomic E-state index is 0.0173. The summed E-state index contributed by atoms with van der Waals surface area (Å²) >= 11 is 6.59. The van der Waals surface area contributed by atoms with Crippen molar-refractivity contribution in [3.05, 3.63) is 58.4 Å². The van der Waals surface area contributed by atoms with E-state index in [-0.39, 0.29) is 21.4 Å². The average molecular weight is 304 g/mol. The Hall–Kier alpha value is -1.33. The predicted molar refractivity (Wildman–Crippen MR) is 71.7 cm³/mol. The first-order chi connectivity index (χ1) is 8.97. The molecule has 0 heterocycles. The van der Waals surface area contributed by atoms with Crippen LogP contribution < -0.4 is 5.73 Å². The van der Waals surface area contributed by atoms with Crippen LogP contribution in [0, 0.1) is 17.5 Å². The van der Waals surface area contributed by atoms with Crippen molar-refractivity contribution in [2.75, 3.05) is 5.73 Å². The summed E-state index contributed by atoms with van der Waals surface area (Å²) in [7, 11) is 0. The molecule has 1 nitrogen and oxygen atoms in total. The second-order valence-corrected chi connectivity index (χ2v) is 5.24. The topological polar surface area (TPSA) is 26.0 Å². The van der Waals surface area contributed by atoms with Gasteiger partial charge < -0.3 is 5.73 Å². The summed E-state index contributed by atoms with van der Waals surface area (Å²) < 4.78 is 40.0. The van der Waals surface area contributed by atoms with Crippen molar-refractivity contribution >= 4 is 29.1 Å². The van der Waals surface area contributed by atoms with Crippen molar-refractivity contribution in [1.29, 1.82) is 0 Å². The molecule has 2 N–H and O–H groups in total. The zero-order chi connectivity index (χ0) is 14.0. The van der Waals surface area contributed by atoms with Crippen molar-refractivity contribution in [2.24, 2.45) is 0 Å². The lowest BCUT2D eigenvalue weighted by atomic mass is 10.2. The van der Waals surface area contributed by atoms with E-state index in [0.29, 0.717) is 5.56 Å². The van der Waals surface area contributed by atoms with Gasteiger partial charge in [0.25, 0.3) is 0 Å². The Labute approximate surface area is 117 Å². The standard InChI is InChI=1S/C13H9ClF3NS/c14-9-3-7(1-2-10(9)15)6-19-13-11(16)4-8(18)5-12(13)17/h1-5H,6,18H2. The molecule has 0 saturated carbocycles. The highest BCUT2D eigenvalue weighted by atomic mass is 35.5. The first kappa shape index (κ1) is 14.1. The van der Waals surface area contributed by atoms with Gasteiger partial charge in [-0.2, -0.15) is 0 Å². The summed E-state index contributed by atoms with van der Waals surface area (Å²) in [4.78, 5) is -0.116. The highest BCUT2D eigenvalue weighted by Crippen LogP contribution is 2.30. The summed E-state index contributed by atoms with van der Waals surface area (Å²) in [6.07, 6.45) is 0. The fraction of sp³-hybridized carbons (Fsp3) is 0.0769. The Morgan fingerprint density at radius 1 is 1.00 bits per heavy atom. The van der Waals surface area contributed by atoms with E-state index in [1.54, 1.807) is 0 Å².